The van der Waals surface area contributed by atoms with Gasteiger partial charge in [0, 0.05) is 5.56 Å². The zero-order chi connectivity index (χ0) is 12.3. The van der Waals surface area contributed by atoms with E-state index in [1.165, 1.54) is 14.2 Å². The van der Waals surface area contributed by atoms with E-state index in [4.69, 9.17) is 26.2 Å². The fourth-order valence-corrected chi connectivity index (χ4v) is 2.00. The van der Waals surface area contributed by atoms with Gasteiger partial charge in [-0.05, 0) is 18.6 Å². The molecule has 0 unspecified atom stereocenters. The Kier molecular flexibility index (Phi) is 4.01. The predicted molar refractivity (Wildman–Crippen MR) is 60.6 cm³/mol. The number of aryl methyl sites for hydroxylation is 1. The number of carboxylic acid groups (broad SMARTS) is 1. The molecular formula is C11H13ClO4. The van der Waals surface area contributed by atoms with Crippen LogP contribution in [0.25, 0.3) is 0 Å². The van der Waals surface area contributed by atoms with Gasteiger partial charge in [-0.25, -0.2) is 0 Å². The van der Waals surface area contributed by atoms with Gasteiger partial charge in [0.15, 0.2) is 0 Å². The number of halogens is 1. The second kappa shape index (κ2) is 5.07. The fraction of sp³-hybridized carbons (Fsp3) is 0.364. The zero-order valence-electron chi connectivity index (χ0n) is 9.33. The Morgan fingerprint density at radius 3 is 2.38 bits per heavy atom. The first-order valence-corrected chi connectivity index (χ1v) is 5.00. The van der Waals surface area contributed by atoms with Crippen LogP contribution in [0.2, 0.25) is 5.02 Å². The average Bonchev–Trinajstić information content (AvgIpc) is 2.17. The summed E-state index contributed by atoms with van der Waals surface area (Å²) in [6, 6.07) is 1.71. The Labute approximate surface area is 98.7 Å². The van der Waals surface area contributed by atoms with Crippen LogP contribution in [-0.4, -0.2) is 25.3 Å². The highest BCUT2D eigenvalue weighted by atomic mass is 35.5. The molecule has 0 saturated carbocycles. The molecule has 0 aliphatic rings. The van der Waals surface area contributed by atoms with Gasteiger partial charge in [0.2, 0.25) is 0 Å². The van der Waals surface area contributed by atoms with Gasteiger partial charge in [-0.1, -0.05) is 11.6 Å². The highest BCUT2D eigenvalue weighted by molar-refractivity contribution is 6.33. The number of ether oxygens (including phenoxy) is 2. The molecule has 0 atom stereocenters. The van der Waals surface area contributed by atoms with Crippen LogP contribution < -0.4 is 9.47 Å². The van der Waals surface area contributed by atoms with Crippen molar-refractivity contribution >= 4 is 17.6 Å². The van der Waals surface area contributed by atoms with E-state index in [-0.39, 0.29) is 6.42 Å². The molecule has 5 heteroatoms. The molecule has 1 aromatic rings. The van der Waals surface area contributed by atoms with Gasteiger partial charge in [0.25, 0.3) is 0 Å². The van der Waals surface area contributed by atoms with E-state index in [9.17, 15) is 4.79 Å². The Morgan fingerprint density at radius 1 is 1.38 bits per heavy atom. The summed E-state index contributed by atoms with van der Waals surface area (Å²) in [4.78, 5) is 10.7. The SMILES string of the molecule is COc1c(C)cc(CC(=O)O)c(OC)c1Cl. The Hall–Kier alpha value is -1.42. The Balaban J connectivity index is 3.34. The lowest BCUT2D eigenvalue weighted by atomic mass is 10.1. The summed E-state index contributed by atoms with van der Waals surface area (Å²) in [6.45, 7) is 1.80. The maximum atomic E-state index is 10.7. The molecule has 0 aliphatic heterocycles. The molecule has 1 rings (SSSR count). The molecule has 1 N–H and O–H groups in total. The van der Waals surface area contributed by atoms with E-state index in [0.717, 1.165) is 5.56 Å². The number of carbonyl (C=O) groups is 1. The van der Waals surface area contributed by atoms with E-state index >= 15 is 0 Å². The molecule has 0 saturated heterocycles. The number of hydrogen-bond donors (Lipinski definition) is 1. The minimum atomic E-state index is -0.932. The molecule has 0 spiro atoms. The minimum Gasteiger partial charge on any atom is -0.495 e. The molecule has 0 amide bonds. The zero-order valence-corrected chi connectivity index (χ0v) is 10.1. The number of aliphatic carboxylic acids is 1. The Bertz CT molecular complexity index is 415. The van der Waals surface area contributed by atoms with Crippen LogP contribution >= 0.6 is 11.6 Å². The number of benzene rings is 1. The number of hydrogen-bond acceptors (Lipinski definition) is 3. The van der Waals surface area contributed by atoms with Crippen molar-refractivity contribution in [2.75, 3.05) is 14.2 Å². The van der Waals surface area contributed by atoms with Crippen molar-refractivity contribution in [3.63, 3.8) is 0 Å². The van der Waals surface area contributed by atoms with Crippen molar-refractivity contribution in [2.24, 2.45) is 0 Å². The van der Waals surface area contributed by atoms with Crippen LogP contribution in [0.1, 0.15) is 11.1 Å². The molecule has 1 aromatic carbocycles. The van der Waals surface area contributed by atoms with E-state index in [2.05, 4.69) is 0 Å². The van der Waals surface area contributed by atoms with Gasteiger partial charge < -0.3 is 14.6 Å². The van der Waals surface area contributed by atoms with Crippen molar-refractivity contribution in [1.82, 2.24) is 0 Å². The molecule has 0 heterocycles. The second-order valence-electron chi connectivity index (χ2n) is 3.30. The summed E-state index contributed by atoms with van der Waals surface area (Å²) >= 11 is 6.06. The summed E-state index contributed by atoms with van der Waals surface area (Å²) in [5.41, 5.74) is 1.32. The quantitative estimate of drug-likeness (QED) is 0.883. The van der Waals surface area contributed by atoms with Crippen LogP contribution in [0.15, 0.2) is 6.07 Å². The molecule has 0 aromatic heterocycles. The fourth-order valence-electron chi connectivity index (χ4n) is 1.58. The van der Waals surface area contributed by atoms with E-state index in [1.807, 2.05) is 0 Å². The number of methoxy groups -OCH3 is 2. The van der Waals surface area contributed by atoms with Crippen LogP contribution in [-0.2, 0) is 11.2 Å². The summed E-state index contributed by atoms with van der Waals surface area (Å²) in [6.07, 6.45) is -0.131. The van der Waals surface area contributed by atoms with E-state index < -0.39 is 5.97 Å². The summed E-state index contributed by atoms with van der Waals surface area (Å²) in [5, 5.41) is 9.07. The number of carboxylic acids is 1. The molecule has 88 valence electrons. The van der Waals surface area contributed by atoms with Gasteiger partial charge in [-0.3, -0.25) is 4.79 Å². The second-order valence-corrected chi connectivity index (χ2v) is 3.68. The summed E-state index contributed by atoms with van der Waals surface area (Å²) < 4.78 is 10.2. The third kappa shape index (κ3) is 2.39. The first-order chi connectivity index (χ1) is 7.51. The highest BCUT2D eigenvalue weighted by Gasteiger charge is 2.17. The van der Waals surface area contributed by atoms with Gasteiger partial charge in [-0.2, -0.15) is 0 Å². The smallest absolute Gasteiger partial charge is 0.307 e. The lowest BCUT2D eigenvalue weighted by Crippen LogP contribution is -2.04. The first kappa shape index (κ1) is 12.6. The lowest BCUT2D eigenvalue weighted by molar-refractivity contribution is -0.136. The van der Waals surface area contributed by atoms with Crippen molar-refractivity contribution in [3.05, 3.63) is 22.2 Å². The summed E-state index contributed by atoms with van der Waals surface area (Å²) in [5.74, 6) is -0.0712. The molecule has 0 aliphatic carbocycles. The van der Waals surface area contributed by atoms with Gasteiger partial charge in [0.1, 0.15) is 16.5 Å². The number of rotatable bonds is 4. The average molecular weight is 245 g/mol. The maximum absolute atomic E-state index is 10.7. The maximum Gasteiger partial charge on any atom is 0.307 e. The molecule has 0 bridgehead atoms. The van der Waals surface area contributed by atoms with Gasteiger partial charge in [0.05, 0.1) is 20.6 Å². The van der Waals surface area contributed by atoms with Crippen LogP contribution in [0, 0.1) is 6.92 Å². The lowest BCUT2D eigenvalue weighted by Gasteiger charge is -2.14. The molecule has 0 radical (unpaired) electrons. The Morgan fingerprint density at radius 2 is 1.94 bits per heavy atom. The van der Waals surface area contributed by atoms with Gasteiger partial charge in [-0.15, -0.1) is 0 Å². The highest BCUT2D eigenvalue weighted by Crippen LogP contribution is 2.39. The van der Waals surface area contributed by atoms with E-state index in [1.54, 1.807) is 13.0 Å². The van der Waals surface area contributed by atoms with Gasteiger partial charge >= 0.3 is 5.97 Å². The third-order valence-electron chi connectivity index (χ3n) is 2.19. The van der Waals surface area contributed by atoms with Crippen molar-refractivity contribution in [2.45, 2.75) is 13.3 Å². The normalized spacial score (nSPS) is 10.0. The van der Waals surface area contributed by atoms with Crippen LogP contribution in [0.5, 0.6) is 11.5 Å². The van der Waals surface area contributed by atoms with Crippen molar-refractivity contribution < 1.29 is 19.4 Å². The first-order valence-electron chi connectivity index (χ1n) is 4.63. The standard InChI is InChI=1S/C11H13ClO4/c1-6-4-7(5-8(13)14)11(16-3)9(12)10(6)15-2/h4H,5H2,1-3H3,(H,13,14). The molecule has 0 fully saturated rings. The van der Waals surface area contributed by atoms with Crippen LogP contribution in [0.4, 0.5) is 0 Å². The van der Waals surface area contributed by atoms with Crippen molar-refractivity contribution in [1.29, 1.82) is 0 Å². The minimum absolute atomic E-state index is 0.131. The third-order valence-corrected chi connectivity index (χ3v) is 2.53. The molecular weight excluding hydrogens is 232 g/mol. The largest absolute Gasteiger partial charge is 0.495 e. The molecule has 4 nitrogen and oxygen atoms in total. The van der Waals surface area contributed by atoms with E-state index in [0.29, 0.717) is 22.1 Å². The van der Waals surface area contributed by atoms with Crippen molar-refractivity contribution in [3.8, 4) is 11.5 Å². The molecule has 16 heavy (non-hydrogen) atoms. The van der Waals surface area contributed by atoms with Crippen LogP contribution in [0.3, 0.4) is 0 Å². The topological polar surface area (TPSA) is 55.8 Å². The predicted octanol–water partition coefficient (Wildman–Crippen LogP) is 2.29. The summed E-state index contributed by atoms with van der Waals surface area (Å²) in [7, 11) is 2.95. The monoisotopic (exact) mass is 244 g/mol.